The first kappa shape index (κ1) is 13.7. The van der Waals surface area contributed by atoms with Gasteiger partial charge in [-0.05, 0) is 18.6 Å². The average Bonchev–Trinajstić information content (AvgIpc) is 2.99. The molecular weight excluding hydrogens is 254 g/mol. The predicted molar refractivity (Wildman–Crippen MR) is 68.6 cm³/mol. The van der Waals surface area contributed by atoms with Crippen molar-refractivity contribution >= 4 is 23.6 Å². The molecule has 6 heteroatoms. The van der Waals surface area contributed by atoms with Crippen LogP contribution in [0.4, 0.5) is 0 Å². The van der Waals surface area contributed by atoms with Crippen LogP contribution in [0.3, 0.4) is 0 Å². The lowest BCUT2D eigenvalue weighted by atomic mass is 10.2. The third kappa shape index (κ3) is 2.98. The van der Waals surface area contributed by atoms with E-state index in [4.69, 9.17) is 9.84 Å². The van der Waals surface area contributed by atoms with Crippen molar-refractivity contribution in [3.05, 3.63) is 0 Å². The molecule has 102 valence electrons. The number of hydrogen-bond acceptors (Lipinski definition) is 4. The zero-order valence-corrected chi connectivity index (χ0v) is 11.3. The minimum Gasteiger partial charge on any atom is -0.481 e. The number of amides is 1. The van der Waals surface area contributed by atoms with Gasteiger partial charge in [0, 0.05) is 25.4 Å². The molecule has 1 saturated carbocycles. The number of nitrogens with zero attached hydrogens (tertiary/aromatic N) is 1. The molecule has 1 amide bonds. The van der Waals surface area contributed by atoms with Crippen LogP contribution in [0.1, 0.15) is 12.8 Å². The van der Waals surface area contributed by atoms with Crippen molar-refractivity contribution in [2.45, 2.75) is 18.9 Å². The minimum atomic E-state index is -0.846. The van der Waals surface area contributed by atoms with Gasteiger partial charge in [-0.2, -0.15) is 11.8 Å². The first-order chi connectivity index (χ1) is 8.65. The summed E-state index contributed by atoms with van der Waals surface area (Å²) in [5.41, 5.74) is 0. The van der Waals surface area contributed by atoms with Crippen LogP contribution >= 0.6 is 11.8 Å². The Balaban J connectivity index is 1.95. The van der Waals surface area contributed by atoms with E-state index >= 15 is 0 Å². The molecule has 0 bridgehead atoms. The highest BCUT2D eigenvalue weighted by molar-refractivity contribution is 7.99. The number of thioether (sulfide) groups is 1. The second kappa shape index (κ2) is 5.93. The Kier molecular flexibility index (Phi) is 4.50. The van der Waals surface area contributed by atoms with Crippen molar-refractivity contribution in [2.24, 2.45) is 11.8 Å². The van der Waals surface area contributed by atoms with Crippen LogP contribution < -0.4 is 0 Å². The molecule has 1 aliphatic heterocycles. The normalized spacial score (nSPS) is 30.2. The second-order valence-electron chi connectivity index (χ2n) is 4.83. The Bertz CT molecular complexity index is 330. The zero-order valence-electron chi connectivity index (χ0n) is 10.5. The quantitative estimate of drug-likeness (QED) is 0.771. The van der Waals surface area contributed by atoms with Gasteiger partial charge in [-0.3, -0.25) is 9.59 Å². The fourth-order valence-electron chi connectivity index (χ4n) is 2.38. The summed E-state index contributed by atoms with van der Waals surface area (Å²) >= 11 is 1.85. The van der Waals surface area contributed by atoms with E-state index in [1.807, 2.05) is 16.7 Å². The lowest BCUT2D eigenvalue weighted by Gasteiger charge is -2.28. The van der Waals surface area contributed by atoms with Gasteiger partial charge in [0.2, 0.25) is 5.91 Å². The molecule has 1 unspecified atom stereocenters. The third-order valence-corrected chi connectivity index (χ3v) is 4.74. The molecule has 1 aliphatic carbocycles. The van der Waals surface area contributed by atoms with E-state index in [0.717, 1.165) is 17.9 Å². The predicted octanol–water partition coefficient (Wildman–Crippen LogP) is 0.688. The summed E-state index contributed by atoms with van der Waals surface area (Å²) in [4.78, 5) is 25.0. The number of rotatable bonds is 6. The summed E-state index contributed by atoms with van der Waals surface area (Å²) < 4.78 is 5.04. The van der Waals surface area contributed by atoms with Crippen molar-refractivity contribution in [3.63, 3.8) is 0 Å². The lowest BCUT2D eigenvalue weighted by Crippen LogP contribution is -2.43. The monoisotopic (exact) mass is 273 g/mol. The van der Waals surface area contributed by atoms with Crippen LogP contribution in [0.2, 0.25) is 0 Å². The summed E-state index contributed by atoms with van der Waals surface area (Å²) in [6.45, 7) is 1.08. The van der Waals surface area contributed by atoms with Crippen LogP contribution in [0, 0.1) is 11.8 Å². The van der Waals surface area contributed by atoms with Gasteiger partial charge in [-0.15, -0.1) is 0 Å². The largest absolute Gasteiger partial charge is 0.481 e. The topological polar surface area (TPSA) is 66.8 Å². The first-order valence-corrected chi connectivity index (χ1v) is 7.40. The molecule has 2 aliphatic rings. The maximum Gasteiger partial charge on any atom is 0.307 e. The molecule has 1 heterocycles. The van der Waals surface area contributed by atoms with E-state index in [9.17, 15) is 9.59 Å². The molecule has 2 fully saturated rings. The van der Waals surface area contributed by atoms with E-state index < -0.39 is 11.9 Å². The Morgan fingerprint density at radius 3 is 2.72 bits per heavy atom. The SMILES string of the molecule is COCCN(C(=O)[C@@H]1C[C@@H]1C(=O)O)C1CCSC1. The molecule has 0 aromatic rings. The maximum atomic E-state index is 12.3. The van der Waals surface area contributed by atoms with E-state index in [1.54, 1.807) is 7.11 Å². The van der Waals surface area contributed by atoms with Crippen molar-refractivity contribution in [1.82, 2.24) is 4.90 Å². The molecule has 3 atom stereocenters. The van der Waals surface area contributed by atoms with E-state index in [0.29, 0.717) is 19.6 Å². The third-order valence-electron chi connectivity index (χ3n) is 3.59. The molecule has 0 spiro atoms. The van der Waals surface area contributed by atoms with Crippen molar-refractivity contribution in [3.8, 4) is 0 Å². The van der Waals surface area contributed by atoms with Gasteiger partial charge >= 0.3 is 5.97 Å². The van der Waals surface area contributed by atoms with Crippen LogP contribution in [0.25, 0.3) is 0 Å². The number of hydrogen-bond donors (Lipinski definition) is 1. The molecular formula is C12H19NO4S. The van der Waals surface area contributed by atoms with Crippen molar-refractivity contribution < 1.29 is 19.4 Å². The number of ether oxygens (including phenoxy) is 1. The average molecular weight is 273 g/mol. The zero-order chi connectivity index (χ0) is 13.1. The highest BCUT2D eigenvalue weighted by atomic mass is 32.2. The molecule has 0 aromatic carbocycles. The number of methoxy groups -OCH3 is 1. The van der Waals surface area contributed by atoms with E-state index in [1.165, 1.54) is 0 Å². The molecule has 0 aromatic heterocycles. The molecule has 0 radical (unpaired) electrons. The highest BCUT2D eigenvalue weighted by Crippen LogP contribution is 2.41. The van der Waals surface area contributed by atoms with Crippen LogP contribution in [-0.2, 0) is 14.3 Å². The molecule has 1 N–H and O–H groups in total. The van der Waals surface area contributed by atoms with Gasteiger partial charge < -0.3 is 14.7 Å². The second-order valence-corrected chi connectivity index (χ2v) is 5.98. The van der Waals surface area contributed by atoms with Crippen LogP contribution in [0.15, 0.2) is 0 Å². The van der Waals surface area contributed by atoms with Gasteiger partial charge in [0.1, 0.15) is 0 Å². The Morgan fingerprint density at radius 1 is 1.44 bits per heavy atom. The number of carboxylic acids is 1. The fourth-order valence-corrected chi connectivity index (χ4v) is 3.61. The molecule has 1 saturated heterocycles. The van der Waals surface area contributed by atoms with Crippen molar-refractivity contribution in [2.75, 3.05) is 31.8 Å². The summed E-state index contributed by atoms with van der Waals surface area (Å²) in [7, 11) is 1.61. The molecule has 2 rings (SSSR count). The van der Waals surface area contributed by atoms with Crippen LogP contribution in [-0.4, -0.2) is 59.7 Å². The summed E-state index contributed by atoms with van der Waals surface area (Å²) in [5.74, 6) is 0.434. The summed E-state index contributed by atoms with van der Waals surface area (Å²) in [6.07, 6.45) is 1.50. The smallest absolute Gasteiger partial charge is 0.307 e. The summed E-state index contributed by atoms with van der Waals surface area (Å²) in [5, 5.41) is 8.90. The highest BCUT2D eigenvalue weighted by Gasteiger charge is 2.50. The minimum absolute atomic E-state index is 0.00644. The van der Waals surface area contributed by atoms with Crippen molar-refractivity contribution in [1.29, 1.82) is 0 Å². The van der Waals surface area contributed by atoms with E-state index in [2.05, 4.69) is 0 Å². The summed E-state index contributed by atoms with van der Waals surface area (Å²) in [6, 6.07) is 0.257. The van der Waals surface area contributed by atoms with E-state index in [-0.39, 0.29) is 17.9 Å². The standard InChI is InChI=1S/C12H19NO4S/c1-17-4-3-13(8-2-5-18-7-8)11(14)9-6-10(9)12(15)16/h8-10H,2-7H2,1H3,(H,15,16)/t8?,9-,10+/m1/s1. The van der Waals surface area contributed by atoms with Gasteiger partial charge in [-0.1, -0.05) is 0 Å². The number of carboxylic acid groups (broad SMARTS) is 1. The number of carbonyl (C=O) groups excluding carboxylic acids is 1. The first-order valence-electron chi connectivity index (χ1n) is 6.25. The Hall–Kier alpha value is -0.750. The number of aliphatic carboxylic acids is 1. The fraction of sp³-hybridized carbons (Fsp3) is 0.833. The van der Waals surface area contributed by atoms with Crippen LogP contribution in [0.5, 0.6) is 0 Å². The molecule has 18 heavy (non-hydrogen) atoms. The maximum absolute atomic E-state index is 12.3. The lowest BCUT2D eigenvalue weighted by molar-refractivity contribution is -0.142. The Labute approximate surface area is 111 Å². The van der Waals surface area contributed by atoms with Gasteiger partial charge in [-0.25, -0.2) is 0 Å². The van der Waals surface area contributed by atoms with Gasteiger partial charge in [0.25, 0.3) is 0 Å². The van der Waals surface area contributed by atoms with Gasteiger partial charge in [0.05, 0.1) is 18.4 Å². The number of carbonyl (C=O) groups is 2. The van der Waals surface area contributed by atoms with Gasteiger partial charge in [0.15, 0.2) is 0 Å². The Morgan fingerprint density at radius 2 is 2.22 bits per heavy atom. The molecule has 5 nitrogen and oxygen atoms in total.